The van der Waals surface area contributed by atoms with Crippen LogP contribution in [0, 0.1) is 6.92 Å². The molecule has 0 radical (unpaired) electrons. The van der Waals surface area contributed by atoms with Crippen LogP contribution in [0.3, 0.4) is 0 Å². The minimum Gasteiger partial charge on any atom is -0.495 e. The second-order valence-electron chi connectivity index (χ2n) is 4.48. The SMILES string of the molecule is CCNC(c1ccc(OC)c(Cl)c1)c1scc(C)c1Cl. The summed E-state index contributed by atoms with van der Waals surface area (Å²) in [7, 11) is 1.61. The molecular formula is C15H17Cl2NOS. The van der Waals surface area contributed by atoms with Crippen molar-refractivity contribution < 1.29 is 4.74 Å². The monoisotopic (exact) mass is 329 g/mol. The van der Waals surface area contributed by atoms with Crippen molar-refractivity contribution in [3.8, 4) is 5.75 Å². The van der Waals surface area contributed by atoms with E-state index in [-0.39, 0.29) is 6.04 Å². The number of hydrogen-bond donors (Lipinski definition) is 1. The maximum Gasteiger partial charge on any atom is 0.137 e. The van der Waals surface area contributed by atoms with E-state index < -0.39 is 0 Å². The number of hydrogen-bond acceptors (Lipinski definition) is 3. The van der Waals surface area contributed by atoms with Crippen LogP contribution < -0.4 is 10.1 Å². The Morgan fingerprint density at radius 3 is 2.60 bits per heavy atom. The molecule has 1 aromatic heterocycles. The molecule has 2 aromatic rings. The molecule has 2 rings (SSSR count). The summed E-state index contributed by atoms with van der Waals surface area (Å²) < 4.78 is 5.20. The summed E-state index contributed by atoms with van der Waals surface area (Å²) in [5.41, 5.74) is 2.19. The minimum absolute atomic E-state index is 0.0506. The van der Waals surface area contributed by atoms with Gasteiger partial charge in [-0.2, -0.15) is 0 Å². The summed E-state index contributed by atoms with van der Waals surface area (Å²) >= 11 is 14.3. The predicted octanol–water partition coefficient (Wildman–Crippen LogP) is 5.07. The second-order valence-corrected chi connectivity index (χ2v) is 6.18. The van der Waals surface area contributed by atoms with E-state index in [9.17, 15) is 0 Å². The van der Waals surface area contributed by atoms with Gasteiger partial charge in [-0.3, -0.25) is 0 Å². The van der Waals surface area contributed by atoms with Crippen molar-refractivity contribution in [2.24, 2.45) is 0 Å². The number of aryl methyl sites for hydroxylation is 1. The van der Waals surface area contributed by atoms with Crippen LogP contribution in [0.1, 0.15) is 29.0 Å². The van der Waals surface area contributed by atoms with Crippen molar-refractivity contribution in [2.75, 3.05) is 13.7 Å². The van der Waals surface area contributed by atoms with Gasteiger partial charge >= 0.3 is 0 Å². The highest BCUT2D eigenvalue weighted by Crippen LogP contribution is 2.37. The summed E-state index contributed by atoms with van der Waals surface area (Å²) in [5.74, 6) is 0.680. The molecule has 1 N–H and O–H groups in total. The lowest BCUT2D eigenvalue weighted by atomic mass is 10.0. The Bertz CT molecular complexity index is 598. The maximum absolute atomic E-state index is 6.40. The lowest BCUT2D eigenvalue weighted by molar-refractivity contribution is 0.414. The molecular weight excluding hydrogens is 313 g/mol. The molecule has 0 bridgehead atoms. The van der Waals surface area contributed by atoms with E-state index in [0.717, 1.165) is 27.6 Å². The average molecular weight is 330 g/mol. The Hall–Kier alpha value is -0.740. The van der Waals surface area contributed by atoms with E-state index in [2.05, 4.69) is 17.6 Å². The maximum atomic E-state index is 6.40. The minimum atomic E-state index is 0.0506. The molecule has 1 atom stereocenters. The topological polar surface area (TPSA) is 21.3 Å². The number of rotatable bonds is 5. The van der Waals surface area contributed by atoms with Crippen LogP contribution >= 0.6 is 34.5 Å². The molecule has 0 saturated heterocycles. The van der Waals surface area contributed by atoms with Crippen molar-refractivity contribution in [1.82, 2.24) is 5.32 Å². The predicted molar refractivity (Wildman–Crippen MR) is 87.6 cm³/mol. The smallest absolute Gasteiger partial charge is 0.137 e. The Morgan fingerprint density at radius 2 is 2.10 bits per heavy atom. The van der Waals surface area contributed by atoms with Crippen LogP contribution in [0.2, 0.25) is 10.0 Å². The third-order valence-corrected chi connectivity index (χ3v) is 5.18. The molecule has 0 amide bonds. The molecule has 0 spiro atoms. The van der Waals surface area contributed by atoms with Crippen molar-refractivity contribution in [1.29, 1.82) is 0 Å². The Balaban J connectivity index is 2.43. The number of halogens is 2. The van der Waals surface area contributed by atoms with Gasteiger partial charge in [0.25, 0.3) is 0 Å². The zero-order chi connectivity index (χ0) is 14.7. The van der Waals surface area contributed by atoms with Crippen LogP contribution in [-0.4, -0.2) is 13.7 Å². The molecule has 5 heteroatoms. The first-order chi connectivity index (χ1) is 9.58. The molecule has 2 nitrogen and oxygen atoms in total. The first kappa shape index (κ1) is 15.6. The molecule has 0 aliphatic heterocycles. The van der Waals surface area contributed by atoms with Gasteiger partial charge in [0.15, 0.2) is 0 Å². The van der Waals surface area contributed by atoms with Gasteiger partial charge in [-0.05, 0) is 42.1 Å². The van der Waals surface area contributed by atoms with Gasteiger partial charge in [-0.1, -0.05) is 36.2 Å². The van der Waals surface area contributed by atoms with Crippen molar-refractivity contribution in [2.45, 2.75) is 19.9 Å². The van der Waals surface area contributed by atoms with Crippen LogP contribution in [0.5, 0.6) is 5.75 Å². The van der Waals surface area contributed by atoms with Gasteiger partial charge < -0.3 is 10.1 Å². The van der Waals surface area contributed by atoms with Crippen molar-refractivity contribution in [3.05, 3.63) is 49.6 Å². The summed E-state index contributed by atoms with van der Waals surface area (Å²) in [4.78, 5) is 1.12. The largest absolute Gasteiger partial charge is 0.495 e. The van der Waals surface area contributed by atoms with Gasteiger partial charge in [0, 0.05) is 4.88 Å². The fourth-order valence-corrected chi connectivity index (χ4v) is 3.74. The van der Waals surface area contributed by atoms with Crippen molar-refractivity contribution in [3.63, 3.8) is 0 Å². The molecule has 20 heavy (non-hydrogen) atoms. The highest BCUT2D eigenvalue weighted by Gasteiger charge is 2.20. The summed E-state index contributed by atoms with van der Waals surface area (Å²) in [6.45, 7) is 4.94. The molecule has 1 unspecified atom stereocenters. The highest BCUT2D eigenvalue weighted by molar-refractivity contribution is 7.10. The molecule has 0 aliphatic carbocycles. The van der Waals surface area contributed by atoms with Crippen LogP contribution in [0.25, 0.3) is 0 Å². The highest BCUT2D eigenvalue weighted by atomic mass is 35.5. The second kappa shape index (κ2) is 6.81. The standard InChI is InChI=1S/C15H17Cl2NOS/c1-4-18-14(15-13(17)9(2)8-20-15)10-5-6-12(19-3)11(16)7-10/h5-8,14,18H,4H2,1-3H3. The normalized spacial score (nSPS) is 12.4. The van der Waals surface area contributed by atoms with Gasteiger partial charge in [-0.25, -0.2) is 0 Å². The number of ether oxygens (including phenoxy) is 1. The quantitative estimate of drug-likeness (QED) is 0.826. The summed E-state index contributed by atoms with van der Waals surface area (Å²) in [6, 6.07) is 5.88. The number of benzene rings is 1. The van der Waals surface area contributed by atoms with E-state index in [1.807, 2.05) is 25.1 Å². The van der Waals surface area contributed by atoms with Crippen molar-refractivity contribution >= 4 is 34.5 Å². The van der Waals surface area contributed by atoms with Crippen LogP contribution in [0.15, 0.2) is 23.6 Å². The van der Waals surface area contributed by atoms with Crippen LogP contribution in [-0.2, 0) is 0 Å². The Labute approximate surface area is 133 Å². The lowest BCUT2D eigenvalue weighted by Crippen LogP contribution is -2.21. The van der Waals surface area contributed by atoms with Gasteiger partial charge in [0.1, 0.15) is 5.75 Å². The Morgan fingerprint density at radius 1 is 1.35 bits per heavy atom. The zero-order valence-electron chi connectivity index (χ0n) is 11.7. The zero-order valence-corrected chi connectivity index (χ0v) is 14.0. The fraction of sp³-hybridized carbons (Fsp3) is 0.333. The lowest BCUT2D eigenvalue weighted by Gasteiger charge is -2.18. The third-order valence-electron chi connectivity index (χ3n) is 3.10. The van der Waals surface area contributed by atoms with Gasteiger partial charge in [-0.15, -0.1) is 11.3 Å². The molecule has 1 aromatic carbocycles. The van der Waals surface area contributed by atoms with E-state index in [0.29, 0.717) is 10.8 Å². The van der Waals surface area contributed by atoms with Crippen LogP contribution in [0.4, 0.5) is 0 Å². The number of nitrogens with one attached hydrogen (secondary N) is 1. The summed E-state index contributed by atoms with van der Waals surface area (Å²) in [6.07, 6.45) is 0. The fourth-order valence-electron chi connectivity index (χ4n) is 2.07. The van der Waals surface area contributed by atoms with E-state index in [4.69, 9.17) is 27.9 Å². The van der Waals surface area contributed by atoms with E-state index >= 15 is 0 Å². The molecule has 108 valence electrons. The summed E-state index contributed by atoms with van der Waals surface area (Å²) in [5, 5.41) is 6.97. The molecule has 0 saturated carbocycles. The van der Waals surface area contributed by atoms with E-state index in [1.165, 1.54) is 0 Å². The average Bonchev–Trinajstić information content (AvgIpc) is 2.76. The molecule has 1 heterocycles. The first-order valence-corrected chi connectivity index (χ1v) is 8.02. The third kappa shape index (κ3) is 3.12. The van der Waals surface area contributed by atoms with Gasteiger partial charge in [0.2, 0.25) is 0 Å². The number of thiophene rings is 1. The Kier molecular flexibility index (Phi) is 5.33. The molecule has 0 fully saturated rings. The first-order valence-electron chi connectivity index (χ1n) is 6.38. The van der Waals surface area contributed by atoms with Gasteiger partial charge in [0.05, 0.1) is 23.2 Å². The number of methoxy groups -OCH3 is 1. The molecule has 0 aliphatic rings. The van der Waals surface area contributed by atoms with E-state index in [1.54, 1.807) is 18.4 Å².